The molecule has 7 atom stereocenters. The zero-order valence-electron chi connectivity index (χ0n) is 23.7. The van der Waals surface area contributed by atoms with Crippen LogP contribution in [0.5, 0.6) is 5.75 Å². The molecule has 2 saturated carbocycles. The van der Waals surface area contributed by atoms with Crippen molar-refractivity contribution in [2.24, 2.45) is 29.6 Å². The summed E-state index contributed by atoms with van der Waals surface area (Å²) in [4.78, 5) is 58.0. The van der Waals surface area contributed by atoms with Crippen molar-refractivity contribution < 1.29 is 19.1 Å². The molecule has 4 aliphatic rings. The Morgan fingerprint density at radius 1 is 0.913 bits per heavy atom. The second kappa shape index (κ2) is 11.5. The van der Waals surface area contributed by atoms with Crippen molar-refractivity contribution in [3.05, 3.63) is 102 Å². The molecule has 4 aromatic rings. The number of aromatic amines is 1. The van der Waals surface area contributed by atoms with E-state index in [-0.39, 0.29) is 64.0 Å². The number of H-pyrrole nitrogens is 1. The zero-order valence-corrected chi connectivity index (χ0v) is 27.6. The number of rotatable bonds is 6. The van der Waals surface area contributed by atoms with Crippen molar-refractivity contribution >= 4 is 87.0 Å². The Hall–Kier alpha value is -3.28. The molecule has 13 heteroatoms. The number of carbonyl (C=O) groups is 3. The molecule has 1 saturated heterocycles. The van der Waals surface area contributed by atoms with Gasteiger partial charge in [0.15, 0.2) is 6.61 Å². The molecule has 234 valence electrons. The van der Waals surface area contributed by atoms with E-state index in [9.17, 15) is 19.2 Å². The van der Waals surface area contributed by atoms with Crippen LogP contribution in [0.1, 0.15) is 22.8 Å². The number of imide groups is 1. The lowest BCUT2D eigenvalue weighted by Gasteiger charge is -2.43. The molecule has 1 aromatic heterocycles. The van der Waals surface area contributed by atoms with E-state index >= 15 is 0 Å². The highest BCUT2D eigenvalue weighted by atomic mass is 35.5. The van der Waals surface area contributed by atoms with E-state index in [0.29, 0.717) is 32.2 Å². The minimum absolute atomic E-state index is 0.00223. The van der Waals surface area contributed by atoms with E-state index in [1.54, 1.807) is 54.2 Å². The second-order valence-corrected chi connectivity index (χ2v) is 15.4. The Morgan fingerprint density at radius 2 is 1.63 bits per heavy atom. The smallest absolute Gasteiger partial charge is 0.305 e. The lowest BCUT2D eigenvalue weighted by molar-refractivity contribution is -0.123. The minimum atomic E-state index is -0.397. The number of amides is 3. The number of halogens is 3. The molecule has 2 aliphatic heterocycles. The summed E-state index contributed by atoms with van der Waals surface area (Å²) in [6, 6.07) is 19.2. The summed E-state index contributed by atoms with van der Waals surface area (Å²) in [7, 11) is 0. The van der Waals surface area contributed by atoms with Gasteiger partial charge in [0.25, 0.3) is 5.91 Å². The highest BCUT2D eigenvalue weighted by Gasteiger charge is 2.69. The van der Waals surface area contributed by atoms with E-state index < -0.39 is 5.92 Å². The van der Waals surface area contributed by atoms with Gasteiger partial charge in [0.05, 0.1) is 32.6 Å². The van der Waals surface area contributed by atoms with Gasteiger partial charge in [-0.1, -0.05) is 58.3 Å². The Labute approximate surface area is 286 Å². The lowest BCUT2D eigenvalue weighted by Crippen LogP contribution is -2.42. The predicted octanol–water partition coefficient (Wildman–Crippen LogP) is 7.09. The van der Waals surface area contributed by atoms with E-state index in [0.717, 1.165) is 21.9 Å². The Balaban J connectivity index is 1.04. The fourth-order valence-electron chi connectivity index (χ4n) is 7.93. The highest BCUT2D eigenvalue weighted by Crippen LogP contribution is 2.68. The third-order valence-corrected chi connectivity index (χ3v) is 13.2. The number of carbonyl (C=O) groups excluding carboxylic acids is 3. The number of nitrogens with zero attached hydrogens (tertiary/aromatic N) is 1. The van der Waals surface area contributed by atoms with Gasteiger partial charge in [0.2, 0.25) is 11.8 Å². The van der Waals surface area contributed by atoms with E-state index in [4.69, 9.17) is 39.5 Å². The summed E-state index contributed by atoms with van der Waals surface area (Å²) < 4.78 is 5.77. The predicted molar refractivity (Wildman–Crippen MR) is 179 cm³/mol. The molecule has 2 aliphatic carbocycles. The zero-order chi connectivity index (χ0) is 31.9. The van der Waals surface area contributed by atoms with Crippen LogP contribution in [0.2, 0.25) is 15.1 Å². The average Bonchev–Trinajstić information content (AvgIpc) is 3.78. The van der Waals surface area contributed by atoms with Crippen LogP contribution in [0.4, 0.5) is 11.4 Å². The Kier molecular flexibility index (Phi) is 7.49. The maximum atomic E-state index is 13.9. The van der Waals surface area contributed by atoms with Gasteiger partial charge in [-0.15, -0.1) is 11.8 Å². The number of aromatic nitrogens is 1. The number of ether oxygens (including phenoxy) is 1. The van der Waals surface area contributed by atoms with Gasteiger partial charge in [-0.25, -0.2) is 0 Å². The second-order valence-electron chi connectivity index (χ2n) is 12.0. The molecule has 3 heterocycles. The van der Waals surface area contributed by atoms with Crippen molar-refractivity contribution in [3.8, 4) is 5.75 Å². The van der Waals surface area contributed by atoms with Gasteiger partial charge in [-0.05, 0) is 84.3 Å². The van der Waals surface area contributed by atoms with E-state index in [1.807, 2.05) is 24.3 Å². The van der Waals surface area contributed by atoms with E-state index in [2.05, 4.69) is 10.3 Å². The Morgan fingerprint density at radius 3 is 2.35 bits per heavy atom. The number of benzene rings is 3. The van der Waals surface area contributed by atoms with Crippen molar-refractivity contribution in [1.82, 2.24) is 4.98 Å². The van der Waals surface area contributed by atoms with Crippen LogP contribution in [0.15, 0.2) is 76.6 Å². The maximum absolute atomic E-state index is 13.9. The monoisotopic (exact) mass is 711 g/mol. The van der Waals surface area contributed by atoms with Crippen molar-refractivity contribution in [2.45, 2.75) is 22.6 Å². The number of anilines is 2. The standard InChI is InChI=1S/C33H24Cl3N3O5S2/c34-15-3-6-17(7-4-15)39-31(41)26-19-12-20(27(26)32(39)42)28-25(19)24(29-30(45-28)38-33(43)46-29)14-1-8-18(9-2-14)44-13-23(40)37-16-5-10-21(35)22(36)11-16/h1-11,19-20,24-28H,12-13H2,(H,37,40)(H,38,43)/t19-,20-,24+,25-,26+,27+,28-/m1/s1. The number of nitrogens with one attached hydrogen (secondary N) is 2. The van der Waals surface area contributed by atoms with Crippen molar-refractivity contribution in [2.75, 3.05) is 16.8 Å². The summed E-state index contributed by atoms with van der Waals surface area (Å²) in [5.74, 6) is -0.935. The number of thioether (sulfide) groups is 1. The van der Waals surface area contributed by atoms with Gasteiger partial charge in [-0.2, -0.15) is 0 Å². The first-order valence-electron chi connectivity index (χ1n) is 14.7. The molecule has 0 radical (unpaired) electrons. The molecule has 8 nitrogen and oxygen atoms in total. The molecule has 3 amide bonds. The molecule has 2 N–H and O–H groups in total. The maximum Gasteiger partial charge on any atom is 0.305 e. The summed E-state index contributed by atoms with van der Waals surface area (Å²) in [6.45, 7) is -0.207. The van der Waals surface area contributed by atoms with Crippen LogP contribution in [0.3, 0.4) is 0 Å². The SMILES string of the molecule is O=C(COc1ccc([C@@H]2c3sc(=O)[nH]c3S[C@@H]3[C@@H]4C[C@@H]([C@@H]5C(=O)N(c6ccc(Cl)cc6)C(=O)[C@@H]45)[C@H]23)cc1)Nc1ccc(Cl)c(Cl)c1. The fourth-order valence-corrected chi connectivity index (χ4v) is 11.2. The highest BCUT2D eigenvalue weighted by molar-refractivity contribution is 8.00. The molecule has 3 fully saturated rings. The molecule has 8 rings (SSSR count). The van der Waals surface area contributed by atoms with Gasteiger partial charge >= 0.3 is 4.87 Å². The molecule has 0 unspecified atom stereocenters. The van der Waals surface area contributed by atoms with Crippen LogP contribution in [-0.2, 0) is 14.4 Å². The van der Waals surface area contributed by atoms with Crippen LogP contribution in [0, 0.1) is 29.6 Å². The van der Waals surface area contributed by atoms with Gasteiger partial charge in [0, 0.05) is 26.8 Å². The minimum Gasteiger partial charge on any atom is -0.484 e. The summed E-state index contributed by atoms with van der Waals surface area (Å²) >= 11 is 20.9. The molecule has 46 heavy (non-hydrogen) atoms. The Bertz CT molecular complexity index is 1960. The summed E-state index contributed by atoms with van der Waals surface area (Å²) in [5, 5.41) is 4.93. The third-order valence-electron chi connectivity index (χ3n) is 9.62. The van der Waals surface area contributed by atoms with Gasteiger partial charge in [0.1, 0.15) is 5.75 Å². The number of fused-ring (bicyclic) bond motifs is 9. The molecular formula is C33H24Cl3N3O5S2. The first kappa shape index (κ1) is 30.1. The summed E-state index contributed by atoms with van der Waals surface area (Å²) in [6.07, 6.45) is 0.800. The van der Waals surface area contributed by atoms with Crippen LogP contribution < -0.4 is 19.8 Å². The van der Waals surface area contributed by atoms with Crippen LogP contribution in [0.25, 0.3) is 0 Å². The largest absolute Gasteiger partial charge is 0.484 e. The molecule has 3 aromatic carbocycles. The van der Waals surface area contributed by atoms with Crippen molar-refractivity contribution in [3.63, 3.8) is 0 Å². The van der Waals surface area contributed by atoms with Gasteiger partial charge < -0.3 is 15.0 Å². The average molecular weight is 713 g/mol. The topological polar surface area (TPSA) is 109 Å². The third kappa shape index (κ3) is 4.88. The number of thiazole rings is 1. The normalized spacial score (nSPS) is 27.4. The lowest BCUT2D eigenvalue weighted by atomic mass is 9.68. The molecule has 2 bridgehead atoms. The van der Waals surface area contributed by atoms with Crippen molar-refractivity contribution in [1.29, 1.82) is 0 Å². The van der Waals surface area contributed by atoms with E-state index in [1.165, 1.54) is 16.2 Å². The van der Waals surface area contributed by atoms with Crippen LogP contribution >= 0.6 is 57.9 Å². The first-order chi connectivity index (χ1) is 22.2. The van der Waals surface area contributed by atoms with Gasteiger partial charge in [-0.3, -0.25) is 24.1 Å². The quantitative estimate of drug-likeness (QED) is 0.207. The summed E-state index contributed by atoms with van der Waals surface area (Å²) in [5.41, 5.74) is 2.05. The number of hydrogen-bond acceptors (Lipinski definition) is 7. The fraction of sp³-hybridized carbons (Fsp3) is 0.273. The molecular weight excluding hydrogens is 689 g/mol. The molecule has 0 spiro atoms. The van der Waals surface area contributed by atoms with Crippen LogP contribution in [-0.4, -0.2) is 34.6 Å². The number of hydrogen-bond donors (Lipinski definition) is 2. The first-order valence-corrected chi connectivity index (χ1v) is 17.5.